The number of ether oxygens (including phenoxy) is 1. The van der Waals surface area contributed by atoms with Gasteiger partial charge in [0.1, 0.15) is 0 Å². The van der Waals surface area contributed by atoms with Gasteiger partial charge >= 0.3 is 0 Å². The lowest BCUT2D eigenvalue weighted by atomic mass is 10.2. The molecule has 0 aromatic heterocycles. The monoisotopic (exact) mass is 388 g/mol. The highest BCUT2D eigenvalue weighted by atomic mass is 35.5. The Morgan fingerprint density at radius 1 is 0.957 bits per heavy atom. The first-order chi connectivity index (χ1) is 11.0. The molecule has 1 aliphatic rings. The van der Waals surface area contributed by atoms with Crippen LogP contribution in [0.2, 0.25) is 15.1 Å². The fourth-order valence-electron chi connectivity index (χ4n) is 2.39. The van der Waals surface area contributed by atoms with Crippen molar-refractivity contribution in [2.24, 2.45) is 0 Å². The summed E-state index contributed by atoms with van der Waals surface area (Å²) in [6.45, 7) is 3.04. The van der Waals surface area contributed by atoms with Crippen LogP contribution in [0, 0.1) is 0 Å². The van der Waals surface area contributed by atoms with Crippen molar-refractivity contribution < 1.29 is 4.74 Å². The summed E-state index contributed by atoms with van der Waals surface area (Å²) in [5.41, 5.74) is 7.79. The number of nitrogens with zero attached hydrogens (tertiary/aromatic N) is 1. The Balaban J connectivity index is 1.92. The number of nitrogens with two attached hydrogens (primary N) is 1. The Morgan fingerprint density at radius 2 is 1.65 bits per heavy atom. The van der Waals surface area contributed by atoms with Crippen molar-refractivity contribution in [1.82, 2.24) is 0 Å². The summed E-state index contributed by atoms with van der Waals surface area (Å²) in [5.74, 6) is 0. The molecule has 0 bridgehead atoms. The third-order valence-corrected chi connectivity index (χ3v) is 5.77. The first-order valence-corrected chi connectivity index (χ1v) is 9.04. The van der Waals surface area contributed by atoms with E-state index in [1.54, 1.807) is 12.1 Å². The second-order valence-electron chi connectivity index (χ2n) is 5.12. The SMILES string of the molecule is Nc1cc(Cl)c(Sc2ccc(Cl)cc2Cl)cc1N1CCOCC1. The molecule has 1 fully saturated rings. The molecular weight excluding hydrogens is 375 g/mol. The van der Waals surface area contributed by atoms with Gasteiger partial charge in [0.2, 0.25) is 0 Å². The minimum absolute atomic E-state index is 0.600. The van der Waals surface area contributed by atoms with E-state index in [1.165, 1.54) is 11.8 Å². The van der Waals surface area contributed by atoms with E-state index in [4.69, 9.17) is 45.3 Å². The van der Waals surface area contributed by atoms with Crippen LogP contribution >= 0.6 is 46.6 Å². The Hall–Kier alpha value is -0.780. The van der Waals surface area contributed by atoms with E-state index < -0.39 is 0 Å². The van der Waals surface area contributed by atoms with Crippen molar-refractivity contribution in [3.8, 4) is 0 Å². The summed E-state index contributed by atoms with van der Waals surface area (Å²) >= 11 is 20.1. The topological polar surface area (TPSA) is 38.5 Å². The second kappa shape index (κ2) is 7.41. The first-order valence-electron chi connectivity index (χ1n) is 7.09. The first kappa shape index (κ1) is 17.1. The van der Waals surface area contributed by atoms with Crippen LogP contribution < -0.4 is 10.6 Å². The largest absolute Gasteiger partial charge is 0.397 e. The summed E-state index contributed by atoms with van der Waals surface area (Å²) in [6, 6.07) is 9.22. The molecule has 1 aliphatic heterocycles. The van der Waals surface area contributed by atoms with Crippen LogP contribution in [0.25, 0.3) is 0 Å². The number of nitrogen functional groups attached to an aromatic ring is 1. The number of anilines is 2. The van der Waals surface area contributed by atoms with Gasteiger partial charge in [-0.25, -0.2) is 0 Å². The van der Waals surface area contributed by atoms with Gasteiger partial charge in [0, 0.05) is 27.9 Å². The zero-order valence-corrected chi connectivity index (χ0v) is 15.3. The number of benzene rings is 2. The van der Waals surface area contributed by atoms with Gasteiger partial charge in [0.15, 0.2) is 0 Å². The van der Waals surface area contributed by atoms with Crippen molar-refractivity contribution >= 4 is 57.9 Å². The molecule has 0 atom stereocenters. The fraction of sp³-hybridized carbons (Fsp3) is 0.250. The van der Waals surface area contributed by atoms with Gasteiger partial charge in [-0.3, -0.25) is 0 Å². The summed E-state index contributed by atoms with van der Waals surface area (Å²) in [5, 5.41) is 1.82. The van der Waals surface area contributed by atoms with Crippen LogP contribution in [0.3, 0.4) is 0 Å². The maximum atomic E-state index is 6.36. The van der Waals surface area contributed by atoms with E-state index in [0.29, 0.717) is 34.0 Å². The van der Waals surface area contributed by atoms with Gasteiger partial charge < -0.3 is 15.4 Å². The number of rotatable bonds is 3. The molecule has 1 saturated heterocycles. The van der Waals surface area contributed by atoms with E-state index in [9.17, 15) is 0 Å². The van der Waals surface area contributed by atoms with E-state index >= 15 is 0 Å². The molecule has 0 amide bonds. The number of halogens is 3. The average molecular weight is 390 g/mol. The van der Waals surface area contributed by atoms with Crippen LogP contribution in [0.4, 0.5) is 11.4 Å². The molecule has 122 valence electrons. The van der Waals surface area contributed by atoms with Gasteiger partial charge in [-0.1, -0.05) is 46.6 Å². The highest BCUT2D eigenvalue weighted by Gasteiger charge is 2.17. The minimum Gasteiger partial charge on any atom is -0.397 e. The maximum absolute atomic E-state index is 6.36. The van der Waals surface area contributed by atoms with Gasteiger partial charge in [-0.15, -0.1) is 0 Å². The number of hydrogen-bond acceptors (Lipinski definition) is 4. The van der Waals surface area contributed by atoms with E-state index in [2.05, 4.69) is 4.90 Å². The predicted octanol–water partition coefficient (Wildman–Crippen LogP) is 5.22. The Kier molecular flexibility index (Phi) is 5.49. The second-order valence-corrected chi connectivity index (χ2v) is 7.45. The Labute approximate surface area is 154 Å². The lowest BCUT2D eigenvalue weighted by Gasteiger charge is -2.30. The third-order valence-electron chi connectivity index (χ3n) is 3.55. The summed E-state index contributed by atoms with van der Waals surface area (Å²) in [4.78, 5) is 4.02. The molecule has 7 heteroatoms. The molecule has 3 rings (SSSR count). The maximum Gasteiger partial charge on any atom is 0.0642 e. The zero-order chi connectivity index (χ0) is 16.4. The van der Waals surface area contributed by atoms with Gasteiger partial charge in [-0.2, -0.15) is 0 Å². The highest BCUT2D eigenvalue weighted by Crippen LogP contribution is 2.41. The van der Waals surface area contributed by atoms with E-state index in [1.807, 2.05) is 18.2 Å². The van der Waals surface area contributed by atoms with Crippen molar-refractivity contribution in [3.63, 3.8) is 0 Å². The summed E-state index contributed by atoms with van der Waals surface area (Å²) in [7, 11) is 0. The lowest BCUT2D eigenvalue weighted by molar-refractivity contribution is 0.123. The Morgan fingerprint density at radius 3 is 2.35 bits per heavy atom. The van der Waals surface area contributed by atoms with Crippen LogP contribution in [-0.2, 0) is 4.74 Å². The predicted molar refractivity (Wildman–Crippen MR) is 99.5 cm³/mol. The summed E-state index contributed by atoms with van der Waals surface area (Å²) < 4.78 is 5.39. The molecule has 2 aromatic rings. The van der Waals surface area contributed by atoms with Crippen molar-refractivity contribution in [2.45, 2.75) is 9.79 Å². The highest BCUT2D eigenvalue weighted by molar-refractivity contribution is 7.99. The molecule has 2 aromatic carbocycles. The van der Waals surface area contributed by atoms with Crippen LogP contribution in [0.1, 0.15) is 0 Å². The molecule has 3 nitrogen and oxygen atoms in total. The van der Waals surface area contributed by atoms with Gasteiger partial charge in [0.05, 0.1) is 34.6 Å². The van der Waals surface area contributed by atoms with Crippen LogP contribution in [0.5, 0.6) is 0 Å². The molecule has 0 aliphatic carbocycles. The van der Waals surface area contributed by atoms with E-state index in [0.717, 1.165) is 28.6 Å². The molecule has 1 heterocycles. The molecule has 0 unspecified atom stereocenters. The molecule has 23 heavy (non-hydrogen) atoms. The van der Waals surface area contributed by atoms with E-state index in [-0.39, 0.29) is 0 Å². The molecule has 2 N–H and O–H groups in total. The molecule has 0 radical (unpaired) electrons. The molecule has 0 spiro atoms. The van der Waals surface area contributed by atoms with Gasteiger partial charge in [-0.05, 0) is 30.3 Å². The molecule has 0 saturated carbocycles. The average Bonchev–Trinajstić information content (AvgIpc) is 2.53. The fourth-order valence-corrected chi connectivity index (χ4v) is 4.06. The quantitative estimate of drug-likeness (QED) is 0.731. The van der Waals surface area contributed by atoms with Crippen LogP contribution in [-0.4, -0.2) is 26.3 Å². The standard InChI is InChI=1S/C16H15Cl3N2OS/c17-10-1-2-15(11(18)7-10)23-16-9-14(13(20)8-12(16)19)21-3-5-22-6-4-21/h1-2,7-9H,3-6,20H2. The number of hydrogen-bond donors (Lipinski definition) is 1. The molecular formula is C16H15Cl3N2OS. The normalized spacial score (nSPS) is 15.0. The van der Waals surface area contributed by atoms with Crippen LogP contribution in [0.15, 0.2) is 40.1 Å². The zero-order valence-electron chi connectivity index (χ0n) is 12.2. The minimum atomic E-state index is 0.600. The number of morpholine rings is 1. The van der Waals surface area contributed by atoms with Crippen molar-refractivity contribution in [3.05, 3.63) is 45.4 Å². The Bertz CT molecular complexity index is 721. The smallest absolute Gasteiger partial charge is 0.0642 e. The third kappa shape index (κ3) is 4.01. The van der Waals surface area contributed by atoms with Gasteiger partial charge in [0.25, 0.3) is 0 Å². The van der Waals surface area contributed by atoms with Crippen molar-refractivity contribution in [2.75, 3.05) is 36.9 Å². The lowest BCUT2D eigenvalue weighted by Crippen LogP contribution is -2.36. The van der Waals surface area contributed by atoms with Crippen molar-refractivity contribution in [1.29, 1.82) is 0 Å². The summed E-state index contributed by atoms with van der Waals surface area (Å²) in [6.07, 6.45) is 0.